The molecule has 2 nitrogen and oxygen atoms in total. The minimum atomic E-state index is -1.21. The first kappa shape index (κ1) is 9.46. The number of rotatable bonds is 4. The highest BCUT2D eigenvalue weighted by molar-refractivity contribution is 9.10. The summed E-state index contributed by atoms with van der Waals surface area (Å²) in [5.41, 5.74) is 0. The molecule has 54 valence electrons. The van der Waals surface area contributed by atoms with Gasteiger partial charge in [0.2, 0.25) is 0 Å². The lowest BCUT2D eigenvalue weighted by Crippen LogP contribution is -2.25. The fourth-order valence-electron chi connectivity index (χ4n) is 0.548. The van der Waals surface area contributed by atoms with Crippen molar-refractivity contribution >= 4 is 23.0 Å². The molecule has 0 aromatic rings. The lowest BCUT2D eigenvalue weighted by molar-refractivity contribution is 0.399. The fraction of sp³-hybridized carbons (Fsp3) is 1.00. The summed E-state index contributed by atoms with van der Waals surface area (Å²) >= 11 is 3.14. The van der Waals surface area contributed by atoms with Crippen LogP contribution in [0.15, 0.2) is 0 Å². The number of hydrogen-bond donors (Lipinski definition) is 2. The second-order valence-corrected chi connectivity index (χ2v) is 3.25. The highest BCUT2D eigenvalue weighted by Crippen LogP contribution is 2.09. The summed E-state index contributed by atoms with van der Waals surface area (Å²) in [6.45, 7) is 2.07. The Morgan fingerprint density at radius 1 is 1.56 bits per heavy atom. The molecule has 9 heavy (non-hydrogen) atoms. The minimum absolute atomic E-state index is 0.155. The Morgan fingerprint density at radius 2 is 2.11 bits per heavy atom. The molecular weight excluding hydrogens is 183 g/mol. The van der Waals surface area contributed by atoms with Crippen molar-refractivity contribution in [1.29, 1.82) is 0 Å². The van der Waals surface area contributed by atoms with Gasteiger partial charge in [-0.15, -0.1) is 0 Å². The van der Waals surface area contributed by atoms with Gasteiger partial charge >= 0.3 is 7.12 Å². The van der Waals surface area contributed by atoms with E-state index in [1.165, 1.54) is 0 Å². The van der Waals surface area contributed by atoms with Gasteiger partial charge in [0.05, 0.1) is 0 Å². The van der Waals surface area contributed by atoms with Crippen molar-refractivity contribution < 1.29 is 10.0 Å². The smallest absolute Gasteiger partial charge is 0.426 e. The third-order valence-electron chi connectivity index (χ3n) is 1.16. The van der Waals surface area contributed by atoms with Crippen molar-refractivity contribution in [3.05, 3.63) is 0 Å². The van der Waals surface area contributed by atoms with Gasteiger partial charge in [-0.3, -0.25) is 0 Å². The summed E-state index contributed by atoms with van der Waals surface area (Å²) in [5, 5.41) is 17.1. The van der Waals surface area contributed by atoms with E-state index in [9.17, 15) is 0 Å². The second-order valence-electron chi connectivity index (χ2n) is 2.07. The first-order chi connectivity index (χ1) is 4.18. The van der Waals surface area contributed by atoms with Crippen LogP contribution in [0.5, 0.6) is 0 Å². The Morgan fingerprint density at radius 3 is 2.44 bits per heavy atom. The zero-order valence-electron chi connectivity index (χ0n) is 5.55. The van der Waals surface area contributed by atoms with Crippen LogP contribution >= 0.6 is 15.9 Å². The average molecular weight is 195 g/mol. The Kier molecular flexibility index (Phi) is 5.54. The lowest BCUT2D eigenvalue weighted by atomic mass is 9.83. The highest BCUT2D eigenvalue weighted by Gasteiger charge is 2.18. The van der Waals surface area contributed by atoms with E-state index in [0.717, 1.165) is 19.3 Å². The molecule has 0 spiro atoms. The van der Waals surface area contributed by atoms with Gasteiger partial charge in [-0.1, -0.05) is 35.7 Å². The number of halogens is 1. The van der Waals surface area contributed by atoms with Crippen LogP contribution < -0.4 is 0 Å². The van der Waals surface area contributed by atoms with Crippen molar-refractivity contribution in [3.63, 3.8) is 0 Å². The largest absolute Gasteiger partial charge is 0.466 e. The molecule has 2 N–H and O–H groups in total. The van der Waals surface area contributed by atoms with Crippen LogP contribution in [0.25, 0.3) is 0 Å². The average Bonchev–Trinajstić information content (AvgIpc) is 1.82. The van der Waals surface area contributed by atoms with E-state index in [2.05, 4.69) is 22.9 Å². The minimum Gasteiger partial charge on any atom is -0.426 e. The summed E-state index contributed by atoms with van der Waals surface area (Å²) in [4.78, 5) is 0. The molecular formula is C5H12BBrO2. The van der Waals surface area contributed by atoms with E-state index in [0.29, 0.717) is 0 Å². The van der Waals surface area contributed by atoms with Gasteiger partial charge in [0.15, 0.2) is 0 Å². The van der Waals surface area contributed by atoms with Crippen molar-refractivity contribution in [2.75, 3.05) is 0 Å². The van der Waals surface area contributed by atoms with Crippen molar-refractivity contribution in [3.8, 4) is 0 Å². The predicted molar refractivity (Wildman–Crippen MR) is 42.4 cm³/mol. The highest BCUT2D eigenvalue weighted by atomic mass is 79.9. The van der Waals surface area contributed by atoms with Gasteiger partial charge in [-0.25, -0.2) is 0 Å². The maximum Gasteiger partial charge on any atom is 0.466 e. The maximum absolute atomic E-state index is 8.56. The molecule has 0 aromatic heterocycles. The SMILES string of the molecule is CCCCC(Br)B(O)O. The molecule has 0 rings (SSSR count). The van der Waals surface area contributed by atoms with Crippen molar-refractivity contribution in [2.24, 2.45) is 0 Å². The van der Waals surface area contributed by atoms with Gasteiger partial charge in [0, 0.05) is 4.73 Å². The normalized spacial score (nSPS) is 13.3. The summed E-state index contributed by atoms with van der Waals surface area (Å²) in [6, 6.07) is 0. The zero-order chi connectivity index (χ0) is 7.28. The van der Waals surface area contributed by atoms with Crippen LogP contribution in [0.1, 0.15) is 26.2 Å². The zero-order valence-corrected chi connectivity index (χ0v) is 7.13. The Bertz CT molecular complexity index is 70.0. The van der Waals surface area contributed by atoms with E-state index in [4.69, 9.17) is 10.0 Å². The van der Waals surface area contributed by atoms with Gasteiger partial charge < -0.3 is 10.0 Å². The number of alkyl halides is 1. The monoisotopic (exact) mass is 194 g/mol. The van der Waals surface area contributed by atoms with E-state index < -0.39 is 7.12 Å². The van der Waals surface area contributed by atoms with Gasteiger partial charge in [-0.05, 0) is 6.42 Å². The topological polar surface area (TPSA) is 40.5 Å². The van der Waals surface area contributed by atoms with Crippen LogP contribution in [0.4, 0.5) is 0 Å². The van der Waals surface area contributed by atoms with Gasteiger partial charge in [0.25, 0.3) is 0 Å². The maximum atomic E-state index is 8.56. The van der Waals surface area contributed by atoms with E-state index in [1.807, 2.05) is 0 Å². The molecule has 1 atom stereocenters. The fourth-order valence-corrected chi connectivity index (χ4v) is 0.872. The number of unbranched alkanes of at least 4 members (excludes halogenated alkanes) is 1. The Balaban J connectivity index is 3.16. The molecule has 1 unspecified atom stereocenters. The standard InChI is InChI=1S/C5H12BBrO2/c1-2-3-4-5(7)6(8)9/h5,8-9H,2-4H2,1H3. The van der Waals surface area contributed by atoms with Crippen LogP contribution in [0.2, 0.25) is 0 Å². The summed E-state index contributed by atoms with van der Waals surface area (Å²) in [6.07, 6.45) is 2.95. The lowest BCUT2D eigenvalue weighted by Gasteiger charge is -2.05. The van der Waals surface area contributed by atoms with E-state index in [1.54, 1.807) is 0 Å². The molecule has 0 bridgehead atoms. The van der Waals surface area contributed by atoms with Crippen LogP contribution in [-0.4, -0.2) is 21.9 Å². The molecule has 0 aliphatic heterocycles. The van der Waals surface area contributed by atoms with Crippen molar-refractivity contribution in [1.82, 2.24) is 0 Å². The Labute approximate surface area is 64.5 Å². The third-order valence-corrected chi connectivity index (χ3v) is 2.09. The van der Waals surface area contributed by atoms with Crippen LogP contribution in [-0.2, 0) is 0 Å². The predicted octanol–water partition coefficient (Wildman–Crippen LogP) is 0.952. The molecule has 0 fully saturated rings. The van der Waals surface area contributed by atoms with E-state index >= 15 is 0 Å². The molecule has 0 aromatic carbocycles. The molecule has 4 heteroatoms. The second kappa shape index (κ2) is 5.27. The molecule has 0 saturated carbocycles. The summed E-state index contributed by atoms with van der Waals surface area (Å²) < 4.78 is -0.155. The number of hydrogen-bond acceptors (Lipinski definition) is 2. The van der Waals surface area contributed by atoms with Gasteiger partial charge in [-0.2, -0.15) is 0 Å². The molecule has 0 aliphatic rings. The van der Waals surface area contributed by atoms with Crippen molar-refractivity contribution in [2.45, 2.75) is 30.9 Å². The van der Waals surface area contributed by atoms with Gasteiger partial charge in [0.1, 0.15) is 0 Å². The van der Waals surface area contributed by atoms with E-state index in [-0.39, 0.29) is 4.73 Å². The molecule has 0 heterocycles. The molecule has 0 aliphatic carbocycles. The first-order valence-corrected chi connectivity index (χ1v) is 4.10. The quantitative estimate of drug-likeness (QED) is 0.517. The first-order valence-electron chi connectivity index (χ1n) is 3.18. The summed E-state index contributed by atoms with van der Waals surface area (Å²) in [7, 11) is -1.21. The summed E-state index contributed by atoms with van der Waals surface area (Å²) in [5.74, 6) is 0. The Hall–Kier alpha value is 0.465. The molecule has 0 radical (unpaired) electrons. The van der Waals surface area contributed by atoms with Crippen LogP contribution in [0.3, 0.4) is 0 Å². The molecule has 0 amide bonds. The van der Waals surface area contributed by atoms with Crippen LogP contribution in [0, 0.1) is 0 Å². The third kappa shape index (κ3) is 4.94. The molecule has 0 saturated heterocycles.